The molecule has 9 nitrogen and oxygen atoms in total. The highest BCUT2D eigenvalue weighted by molar-refractivity contribution is 5.67. The predicted molar refractivity (Wildman–Crippen MR) is 235 cm³/mol. The molecule has 0 radical (unpaired) electrons. The van der Waals surface area contributed by atoms with E-state index in [1.54, 1.807) is 0 Å². The summed E-state index contributed by atoms with van der Waals surface area (Å²) in [5.41, 5.74) is 10.4. The van der Waals surface area contributed by atoms with Gasteiger partial charge in [-0.2, -0.15) is 0 Å². The Labute approximate surface area is 348 Å². The Kier molecular flexibility index (Phi) is 15.7. The maximum atomic E-state index is 12.0. The van der Waals surface area contributed by atoms with Gasteiger partial charge in [0, 0.05) is 89.0 Å². The van der Waals surface area contributed by atoms with E-state index in [0.29, 0.717) is 19.3 Å². The quantitative estimate of drug-likeness (QED) is 0.0718. The van der Waals surface area contributed by atoms with Crippen molar-refractivity contribution in [3.63, 3.8) is 0 Å². The van der Waals surface area contributed by atoms with Crippen molar-refractivity contribution in [2.75, 3.05) is 0 Å². The number of carboxylic acids is 2. The zero-order chi connectivity index (χ0) is 42.3. The molecule has 3 saturated heterocycles. The summed E-state index contributed by atoms with van der Waals surface area (Å²) >= 11 is 0. The Hall–Kier alpha value is -4.08. The Morgan fingerprint density at radius 2 is 1.36 bits per heavy atom. The number of hydrogen-bond acceptors (Lipinski definition) is 7. The topological polar surface area (TPSA) is 143 Å². The second kappa shape index (κ2) is 20.3. The van der Waals surface area contributed by atoms with Gasteiger partial charge in [-0.05, 0) is 121 Å². The summed E-state index contributed by atoms with van der Waals surface area (Å²) in [5, 5.41) is 46.6. The van der Waals surface area contributed by atoms with E-state index < -0.39 is 18.0 Å². The van der Waals surface area contributed by atoms with E-state index in [2.05, 4.69) is 126 Å². The molecule has 0 spiro atoms. The number of fused-ring (bicyclic) bond motifs is 8. The second-order valence-corrected chi connectivity index (χ2v) is 18.2. The molecular formula is C49H72N4O5. The average molecular weight is 797 g/mol. The monoisotopic (exact) mass is 797 g/mol. The van der Waals surface area contributed by atoms with Crippen molar-refractivity contribution in [2.45, 2.75) is 144 Å². The van der Waals surface area contributed by atoms with Gasteiger partial charge in [-0.1, -0.05) is 75.3 Å². The number of aliphatic hydroxyl groups is 1. The predicted octanol–water partition coefficient (Wildman–Crippen LogP) is 9.18. The average Bonchev–Trinajstić information content (AvgIpc) is 3.82. The van der Waals surface area contributed by atoms with Crippen LogP contribution in [-0.4, -0.2) is 51.5 Å². The van der Waals surface area contributed by atoms with Crippen molar-refractivity contribution in [3.05, 3.63) is 106 Å². The van der Waals surface area contributed by atoms with Crippen LogP contribution in [0, 0.1) is 41.4 Å². The Morgan fingerprint density at radius 1 is 0.741 bits per heavy atom. The summed E-state index contributed by atoms with van der Waals surface area (Å²) in [7, 11) is 0. The molecule has 0 saturated carbocycles. The molecule has 7 N–H and O–H groups in total. The van der Waals surface area contributed by atoms with Crippen LogP contribution >= 0.6 is 0 Å². The standard InChI is InChI=1S/C49H72N4O5/c1-10-35-31(6)40-26-45-49(46(54)19-13-18-30(5)17-12-16-29(4)15-11-14-28(2)3)34(9)41(53-45)24-38-32(7)36(20-22-47(55)56)43(51-38)27-44-37(21-23-48(57)58)33(8)39(52-44)25-42(35)50-40/h10,14,16,18,24-27,31-34,36-37,41,43,45-46,49-54H,1,11-13,15,17,19-23H2,2-9H3,(H,55,56)(H,57,58). The van der Waals surface area contributed by atoms with Crippen LogP contribution in [0.5, 0.6) is 0 Å². The molecule has 9 heteroatoms. The van der Waals surface area contributed by atoms with Gasteiger partial charge in [0.25, 0.3) is 0 Å². The minimum absolute atomic E-state index is 0.0163. The van der Waals surface area contributed by atoms with Gasteiger partial charge in [-0.15, -0.1) is 0 Å². The second-order valence-electron chi connectivity index (χ2n) is 18.2. The maximum Gasteiger partial charge on any atom is 0.303 e. The van der Waals surface area contributed by atoms with Gasteiger partial charge >= 0.3 is 11.9 Å². The summed E-state index contributed by atoms with van der Waals surface area (Å²) in [6.07, 6.45) is 24.3. The molecule has 11 atom stereocenters. The van der Waals surface area contributed by atoms with Crippen LogP contribution < -0.4 is 21.3 Å². The largest absolute Gasteiger partial charge is 0.481 e. The van der Waals surface area contributed by atoms with Gasteiger partial charge in [0.1, 0.15) is 0 Å². The summed E-state index contributed by atoms with van der Waals surface area (Å²) in [6, 6.07) is -0.227. The van der Waals surface area contributed by atoms with Crippen LogP contribution in [0.3, 0.4) is 0 Å². The minimum Gasteiger partial charge on any atom is -0.481 e. The van der Waals surface area contributed by atoms with Crippen molar-refractivity contribution >= 4 is 11.9 Å². The van der Waals surface area contributed by atoms with Gasteiger partial charge in [-0.25, -0.2) is 0 Å². The number of aliphatic hydroxyl groups excluding tert-OH is 1. The third-order valence-electron chi connectivity index (χ3n) is 13.7. The number of allylic oxidation sites excluding steroid dienone is 12. The fourth-order valence-electron chi connectivity index (χ4n) is 10.0. The molecule has 5 aliphatic heterocycles. The highest BCUT2D eigenvalue weighted by Crippen LogP contribution is 2.43. The summed E-state index contributed by atoms with van der Waals surface area (Å²) in [6.45, 7) is 21.7. The van der Waals surface area contributed by atoms with Crippen molar-refractivity contribution in [3.8, 4) is 0 Å². The third kappa shape index (κ3) is 11.1. The van der Waals surface area contributed by atoms with E-state index in [1.807, 2.05) is 6.08 Å². The van der Waals surface area contributed by atoms with Crippen LogP contribution in [-0.2, 0) is 9.59 Å². The molecule has 318 valence electrons. The molecule has 5 heterocycles. The maximum absolute atomic E-state index is 12.0. The van der Waals surface area contributed by atoms with Gasteiger partial charge in [-0.3, -0.25) is 9.59 Å². The molecule has 0 amide bonds. The zero-order valence-corrected chi connectivity index (χ0v) is 36.4. The van der Waals surface area contributed by atoms with Crippen LogP contribution in [0.4, 0.5) is 0 Å². The first kappa shape index (κ1) is 45.0. The lowest BCUT2D eigenvalue weighted by molar-refractivity contribution is -0.138. The van der Waals surface area contributed by atoms with Crippen LogP contribution in [0.1, 0.15) is 120 Å². The Morgan fingerprint density at radius 3 is 2.02 bits per heavy atom. The smallest absolute Gasteiger partial charge is 0.303 e. The lowest BCUT2D eigenvalue weighted by Crippen LogP contribution is -2.35. The van der Waals surface area contributed by atoms with Gasteiger partial charge in [0.05, 0.1) is 6.10 Å². The summed E-state index contributed by atoms with van der Waals surface area (Å²) < 4.78 is 0. The summed E-state index contributed by atoms with van der Waals surface area (Å²) in [5.74, 6) is -1.31. The molecule has 0 aliphatic carbocycles. The Bertz CT molecular complexity index is 1790. The molecule has 58 heavy (non-hydrogen) atoms. The number of aliphatic carboxylic acids is 2. The van der Waals surface area contributed by atoms with Gasteiger partial charge < -0.3 is 36.6 Å². The van der Waals surface area contributed by atoms with E-state index in [0.717, 1.165) is 66.2 Å². The molecule has 5 rings (SSSR count). The Balaban J connectivity index is 1.44. The highest BCUT2D eigenvalue weighted by Gasteiger charge is 2.45. The van der Waals surface area contributed by atoms with E-state index in [4.69, 9.17) is 0 Å². The van der Waals surface area contributed by atoms with Crippen molar-refractivity contribution in [1.29, 1.82) is 0 Å². The molecule has 11 unspecified atom stereocenters. The van der Waals surface area contributed by atoms with E-state index in [9.17, 15) is 24.9 Å². The van der Waals surface area contributed by atoms with Crippen LogP contribution in [0.25, 0.3) is 0 Å². The molecule has 8 bridgehead atoms. The summed E-state index contributed by atoms with van der Waals surface area (Å²) in [4.78, 5) is 23.6. The molecule has 0 aromatic heterocycles. The first-order chi connectivity index (χ1) is 27.6. The number of rotatable bonds is 17. The van der Waals surface area contributed by atoms with E-state index in [-0.39, 0.29) is 72.4 Å². The minimum atomic E-state index is -0.816. The molecule has 0 aromatic rings. The van der Waals surface area contributed by atoms with E-state index in [1.165, 1.54) is 16.7 Å². The SMILES string of the molecule is C=CC1=C2C=C3NC(=CC4NC(=CC5NC(C=C(N2)C1C)C(C(O)CCC=C(C)CCC=C(C)CCC=C(C)C)C5C)C(C)C4CCC(=O)O)C(CCC(=O)O)C3C. The molecule has 3 fully saturated rings. The van der Waals surface area contributed by atoms with Crippen LogP contribution in [0.15, 0.2) is 106 Å². The number of hydrogen-bond donors (Lipinski definition) is 7. The highest BCUT2D eigenvalue weighted by atomic mass is 16.4. The number of carbonyl (C=O) groups is 2. The first-order valence-corrected chi connectivity index (χ1v) is 21.9. The first-order valence-electron chi connectivity index (χ1n) is 21.9. The van der Waals surface area contributed by atoms with Crippen molar-refractivity contribution in [1.82, 2.24) is 21.3 Å². The number of nitrogens with one attached hydrogen (secondary N) is 4. The third-order valence-corrected chi connectivity index (χ3v) is 13.7. The van der Waals surface area contributed by atoms with Gasteiger partial charge in [0.2, 0.25) is 0 Å². The molecule has 0 aromatic carbocycles. The zero-order valence-electron chi connectivity index (χ0n) is 36.4. The fraction of sp³-hybridized carbons (Fsp3) is 0.592. The van der Waals surface area contributed by atoms with Gasteiger partial charge in [0.15, 0.2) is 0 Å². The lowest BCUT2D eigenvalue weighted by Gasteiger charge is -2.27. The normalized spacial score (nSPS) is 31.3. The lowest BCUT2D eigenvalue weighted by atomic mass is 9.80. The van der Waals surface area contributed by atoms with Crippen LogP contribution in [0.2, 0.25) is 0 Å². The molecular weight excluding hydrogens is 725 g/mol. The fourth-order valence-corrected chi connectivity index (χ4v) is 10.0. The van der Waals surface area contributed by atoms with Crippen molar-refractivity contribution < 1.29 is 24.9 Å². The number of carboxylic acid groups (broad SMARTS) is 2. The molecule has 5 aliphatic rings. The van der Waals surface area contributed by atoms with Crippen molar-refractivity contribution in [2.24, 2.45) is 41.4 Å². The van der Waals surface area contributed by atoms with E-state index >= 15 is 0 Å².